The van der Waals surface area contributed by atoms with Crippen LogP contribution in [0.4, 0.5) is 5.69 Å². The zero-order valence-corrected chi connectivity index (χ0v) is 17.0. The van der Waals surface area contributed by atoms with Gasteiger partial charge in [0.25, 0.3) is 5.91 Å². The van der Waals surface area contributed by atoms with E-state index >= 15 is 0 Å². The molecule has 1 saturated heterocycles. The van der Waals surface area contributed by atoms with Gasteiger partial charge in [-0.25, -0.2) is 0 Å². The molecular weight excluding hydrogens is 403 g/mol. The Morgan fingerprint density at radius 1 is 1.26 bits per heavy atom. The molecule has 7 heteroatoms. The highest BCUT2D eigenvalue weighted by Gasteiger charge is 2.27. The molecule has 1 fully saturated rings. The van der Waals surface area contributed by atoms with Gasteiger partial charge < -0.3 is 15.0 Å². The van der Waals surface area contributed by atoms with E-state index in [2.05, 4.69) is 10.2 Å². The number of hydrogen-bond acceptors (Lipinski definition) is 4. The van der Waals surface area contributed by atoms with Crippen molar-refractivity contribution in [3.05, 3.63) is 57.4 Å². The molecular formula is C20H18Cl2N2O2S. The number of nitrogens with zero attached hydrogens (tertiary/aromatic N) is 1. The average molecular weight is 421 g/mol. The van der Waals surface area contributed by atoms with Gasteiger partial charge in [0.05, 0.1) is 17.8 Å². The Labute approximate surface area is 171 Å². The van der Waals surface area contributed by atoms with Gasteiger partial charge in [-0.2, -0.15) is 0 Å². The van der Waals surface area contributed by atoms with Crippen molar-refractivity contribution in [1.82, 2.24) is 5.32 Å². The summed E-state index contributed by atoms with van der Waals surface area (Å²) in [5.74, 6) is 0.657. The van der Waals surface area contributed by atoms with Crippen LogP contribution in [0.3, 0.4) is 0 Å². The van der Waals surface area contributed by atoms with E-state index in [0.717, 1.165) is 34.5 Å². The van der Waals surface area contributed by atoms with Crippen molar-refractivity contribution in [2.75, 3.05) is 25.1 Å². The minimum absolute atomic E-state index is 0.0440. The van der Waals surface area contributed by atoms with Crippen molar-refractivity contribution in [1.29, 1.82) is 0 Å². The van der Waals surface area contributed by atoms with Gasteiger partial charge in [0.1, 0.15) is 10.6 Å². The highest BCUT2D eigenvalue weighted by atomic mass is 35.5. The third-order valence-corrected chi connectivity index (χ3v) is 6.66. The number of amides is 1. The predicted molar refractivity (Wildman–Crippen MR) is 113 cm³/mol. The fraction of sp³-hybridized carbons (Fsp3) is 0.250. The maximum absolute atomic E-state index is 12.8. The summed E-state index contributed by atoms with van der Waals surface area (Å²) in [6.45, 7) is 1.52. The van der Waals surface area contributed by atoms with E-state index in [1.54, 1.807) is 7.11 Å². The summed E-state index contributed by atoms with van der Waals surface area (Å²) >= 11 is 14.0. The standard InChI is InChI=1S/C20H18Cl2N2O2S/c1-26-16-7-6-12(21)10-15(16)24-9-8-13(11-24)23-20(25)19-18(22)14-4-2-3-5-17(14)27-19/h2-7,10,13H,8-9,11H2,1H3,(H,23,25). The second-order valence-corrected chi connectivity index (χ2v) is 8.33. The second-order valence-electron chi connectivity index (χ2n) is 6.46. The van der Waals surface area contributed by atoms with Crippen LogP contribution in [-0.2, 0) is 0 Å². The first-order chi connectivity index (χ1) is 13.1. The van der Waals surface area contributed by atoms with Crippen LogP contribution < -0.4 is 15.0 Å². The molecule has 4 rings (SSSR count). The van der Waals surface area contributed by atoms with E-state index in [1.807, 2.05) is 42.5 Å². The Hall–Kier alpha value is -1.95. The molecule has 1 amide bonds. The van der Waals surface area contributed by atoms with Crippen LogP contribution in [0.5, 0.6) is 5.75 Å². The first-order valence-electron chi connectivity index (χ1n) is 8.63. The van der Waals surface area contributed by atoms with Gasteiger partial charge in [0.15, 0.2) is 0 Å². The fourth-order valence-corrected chi connectivity index (χ4v) is 5.00. The van der Waals surface area contributed by atoms with Gasteiger partial charge >= 0.3 is 0 Å². The van der Waals surface area contributed by atoms with Crippen molar-refractivity contribution in [3.63, 3.8) is 0 Å². The number of benzene rings is 2. The Balaban J connectivity index is 1.49. The molecule has 1 aliphatic rings. The van der Waals surface area contributed by atoms with Crippen molar-refractivity contribution in [2.45, 2.75) is 12.5 Å². The molecule has 1 unspecified atom stereocenters. The smallest absolute Gasteiger partial charge is 0.263 e. The predicted octanol–water partition coefficient (Wildman–Crippen LogP) is 5.23. The maximum atomic E-state index is 12.8. The van der Waals surface area contributed by atoms with E-state index in [4.69, 9.17) is 27.9 Å². The van der Waals surface area contributed by atoms with Gasteiger partial charge in [-0.1, -0.05) is 41.4 Å². The van der Waals surface area contributed by atoms with Gasteiger partial charge in [0, 0.05) is 34.2 Å². The SMILES string of the molecule is COc1ccc(Cl)cc1N1CCC(NC(=O)c2sc3ccccc3c2Cl)C1. The molecule has 3 aromatic rings. The minimum atomic E-state index is -0.119. The van der Waals surface area contributed by atoms with Crippen LogP contribution in [0, 0.1) is 0 Å². The number of thiophene rings is 1. The molecule has 1 aliphatic heterocycles. The van der Waals surface area contributed by atoms with Crippen LogP contribution in [0.2, 0.25) is 10.0 Å². The normalized spacial score (nSPS) is 16.7. The maximum Gasteiger partial charge on any atom is 0.263 e. The van der Waals surface area contributed by atoms with E-state index in [9.17, 15) is 4.79 Å². The number of hydrogen-bond donors (Lipinski definition) is 1. The number of carbonyl (C=O) groups excluding carboxylic acids is 1. The lowest BCUT2D eigenvalue weighted by Gasteiger charge is -2.21. The number of anilines is 1. The molecule has 0 bridgehead atoms. The Morgan fingerprint density at radius 2 is 2.07 bits per heavy atom. The van der Waals surface area contributed by atoms with Crippen LogP contribution in [0.1, 0.15) is 16.1 Å². The molecule has 0 saturated carbocycles. The summed E-state index contributed by atoms with van der Waals surface area (Å²) in [6.07, 6.45) is 0.851. The van der Waals surface area contributed by atoms with Gasteiger partial charge in [-0.3, -0.25) is 4.79 Å². The lowest BCUT2D eigenvalue weighted by atomic mass is 10.2. The zero-order chi connectivity index (χ0) is 19.0. The number of nitrogens with one attached hydrogen (secondary N) is 1. The number of rotatable bonds is 4. The molecule has 140 valence electrons. The van der Waals surface area contributed by atoms with Gasteiger partial charge in [0.2, 0.25) is 0 Å². The molecule has 2 heterocycles. The molecule has 1 atom stereocenters. The topological polar surface area (TPSA) is 41.6 Å². The zero-order valence-electron chi connectivity index (χ0n) is 14.7. The van der Waals surface area contributed by atoms with E-state index in [-0.39, 0.29) is 11.9 Å². The number of fused-ring (bicyclic) bond motifs is 1. The molecule has 0 aliphatic carbocycles. The number of ether oxygens (including phenoxy) is 1. The van der Waals surface area contributed by atoms with Crippen LogP contribution in [0.15, 0.2) is 42.5 Å². The summed E-state index contributed by atoms with van der Waals surface area (Å²) < 4.78 is 6.46. The van der Waals surface area contributed by atoms with Crippen LogP contribution in [-0.4, -0.2) is 32.1 Å². The Morgan fingerprint density at radius 3 is 2.85 bits per heavy atom. The lowest BCUT2D eigenvalue weighted by Crippen LogP contribution is -2.36. The Bertz CT molecular complexity index is 1000. The van der Waals surface area contributed by atoms with Gasteiger partial charge in [-0.15, -0.1) is 11.3 Å². The summed E-state index contributed by atoms with van der Waals surface area (Å²) in [4.78, 5) is 15.5. The summed E-state index contributed by atoms with van der Waals surface area (Å²) in [5, 5.41) is 5.23. The molecule has 0 spiro atoms. The monoisotopic (exact) mass is 420 g/mol. The number of carbonyl (C=O) groups is 1. The molecule has 1 aromatic heterocycles. The summed E-state index contributed by atoms with van der Waals surface area (Å²) in [7, 11) is 1.64. The summed E-state index contributed by atoms with van der Waals surface area (Å²) in [5.41, 5.74) is 0.946. The van der Waals surface area contributed by atoms with E-state index < -0.39 is 0 Å². The van der Waals surface area contributed by atoms with Crippen molar-refractivity contribution in [3.8, 4) is 5.75 Å². The van der Waals surface area contributed by atoms with Crippen molar-refractivity contribution in [2.24, 2.45) is 0 Å². The number of methoxy groups -OCH3 is 1. The van der Waals surface area contributed by atoms with E-state index in [1.165, 1.54) is 11.3 Å². The lowest BCUT2D eigenvalue weighted by molar-refractivity contribution is 0.0944. The first-order valence-corrected chi connectivity index (χ1v) is 10.2. The van der Waals surface area contributed by atoms with E-state index in [0.29, 0.717) is 21.5 Å². The van der Waals surface area contributed by atoms with Crippen molar-refractivity contribution < 1.29 is 9.53 Å². The molecule has 2 aromatic carbocycles. The second kappa shape index (κ2) is 7.58. The van der Waals surface area contributed by atoms with Gasteiger partial charge in [-0.05, 0) is 30.7 Å². The van der Waals surface area contributed by atoms with Crippen molar-refractivity contribution >= 4 is 56.2 Å². The molecule has 4 nitrogen and oxygen atoms in total. The minimum Gasteiger partial charge on any atom is -0.495 e. The largest absolute Gasteiger partial charge is 0.495 e. The third-order valence-electron chi connectivity index (χ3n) is 4.75. The first kappa shape index (κ1) is 18.4. The quantitative estimate of drug-likeness (QED) is 0.628. The fourth-order valence-electron chi connectivity index (χ4n) is 3.42. The third kappa shape index (κ3) is 3.59. The number of halogens is 2. The van der Waals surface area contributed by atoms with Crippen LogP contribution in [0.25, 0.3) is 10.1 Å². The highest BCUT2D eigenvalue weighted by Crippen LogP contribution is 2.36. The Kier molecular flexibility index (Phi) is 5.17. The molecule has 1 N–H and O–H groups in total. The molecule has 27 heavy (non-hydrogen) atoms. The average Bonchev–Trinajstić information content (AvgIpc) is 3.27. The molecule has 0 radical (unpaired) electrons. The summed E-state index contributed by atoms with van der Waals surface area (Å²) in [6, 6.07) is 13.4. The highest BCUT2D eigenvalue weighted by molar-refractivity contribution is 7.21. The van der Waals surface area contributed by atoms with Crippen LogP contribution >= 0.6 is 34.5 Å².